The van der Waals surface area contributed by atoms with E-state index in [2.05, 4.69) is 4.98 Å². The van der Waals surface area contributed by atoms with Gasteiger partial charge in [-0.1, -0.05) is 0 Å². The van der Waals surface area contributed by atoms with Crippen molar-refractivity contribution in [2.45, 2.75) is 6.54 Å². The van der Waals surface area contributed by atoms with Gasteiger partial charge in [-0.2, -0.15) is 5.26 Å². The van der Waals surface area contributed by atoms with Crippen LogP contribution in [0, 0.1) is 11.3 Å². The molecule has 1 heterocycles. The van der Waals surface area contributed by atoms with Crippen LogP contribution in [0.5, 0.6) is 0 Å². The van der Waals surface area contributed by atoms with Crippen molar-refractivity contribution in [3.05, 3.63) is 12.0 Å². The minimum absolute atomic E-state index is 0.270. The Morgan fingerprint density at radius 2 is 2.58 bits per heavy atom. The fourth-order valence-electron chi connectivity index (χ4n) is 0.846. The van der Waals surface area contributed by atoms with E-state index in [1.54, 1.807) is 11.7 Å². The maximum atomic E-state index is 8.52. The highest BCUT2D eigenvalue weighted by Gasteiger charge is 2.04. The highest BCUT2D eigenvalue weighted by Crippen LogP contribution is 2.07. The summed E-state index contributed by atoms with van der Waals surface area (Å²) in [7, 11) is 1.61. The predicted octanol–water partition coefficient (Wildman–Crippen LogP) is -0.0166. The first-order valence-corrected chi connectivity index (χ1v) is 3.49. The SMILES string of the molecule is COCCn1cnc(C#N)c1N. The number of nitrogen functional groups attached to an aromatic ring is 1. The van der Waals surface area contributed by atoms with Gasteiger partial charge in [0.2, 0.25) is 0 Å². The summed E-state index contributed by atoms with van der Waals surface area (Å²) < 4.78 is 6.54. The molecule has 0 unspecified atom stereocenters. The Kier molecular flexibility index (Phi) is 2.66. The molecule has 0 atom stereocenters. The maximum absolute atomic E-state index is 8.52. The average molecular weight is 166 g/mol. The Balaban J connectivity index is 2.75. The number of nitrogens with two attached hydrogens (primary N) is 1. The molecule has 12 heavy (non-hydrogen) atoms. The van der Waals surface area contributed by atoms with Crippen molar-refractivity contribution >= 4 is 5.82 Å². The number of anilines is 1. The minimum atomic E-state index is 0.270. The van der Waals surface area contributed by atoms with Crippen molar-refractivity contribution in [2.75, 3.05) is 19.5 Å². The summed E-state index contributed by atoms with van der Waals surface area (Å²) in [5.41, 5.74) is 5.85. The molecule has 0 aliphatic heterocycles. The van der Waals surface area contributed by atoms with E-state index in [-0.39, 0.29) is 5.69 Å². The Bertz CT molecular complexity index is 299. The third-order valence-corrected chi connectivity index (χ3v) is 1.52. The fourth-order valence-corrected chi connectivity index (χ4v) is 0.846. The molecule has 2 N–H and O–H groups in total. The lowest BCUT2D eigenvalue weighted by Crippen LogP contribution is -2.06. The van der Waals surface area contributed by atoms with Crippen LogP contribution in [0.15, 0.2) is 6.33 Å². The Morgan fingerprint density at radius 3 is 3.08 bits per heavy atom. The molecule has 1 rings (SSSR count). The van der Waals surface area contributed by atoms with Gasteiger partial charge in [0.05, 0.1) is 12.9 Å². The van der Waals surface area contributed by atoms with E-state index in [0.29, 0.717) is 19.0 Å². The van der Waals surface area contributed by atoms with E-state index in [0.717, 1.165) is 0 Å². The Hall–Kier alpha value is -1.54. The van der Waals surface area contributed by atoms with Gasteiger partial charge < -0.3 is 15.0 Å². The fraction of sp³-hybridized carbons (Fsp3) is 0.429. The van der Waals surface area contributed by atoms with Gasteiger partial charge in [0.25, 0.3) is 0 Å². The number of imidazole rings is 1. The molecule has 1 aromatic heterocycles. The van der Waals surface area contributed by atoms with Crippen molar-refractivity contribution in [1.29, 1.82) is 5.26 Å². The third kappa shape index (κ3) is 1.54. The number of nitriles is 1. The topological polar surface area (TPSA) is 76.9 Å². The summed E-state index contributed by atoms with van der Waals surface area (Å²) in [5.74, 6) is 0.398. The average Bonchev–Trinajstić information content (AvgIpc) is 2.43. The molecule has 1 aromatic rings. The van der Waals surface area contributed by atoms with Gasteiger partial charge in [0.15, 0.2) is 5.69 Å². The van der Waals surface area contributed by atoms with E-state index in [1.165, 1.54) is 6.33 Å². The van der Waals surface area contributed by atoms with Crippen LogP contribution in [0.3, 0.4) is 0 Å². The Labute approximate surface area is 70.4 Å². The quantitative estimate of drug-likeness (QED) is 0.684. The molecular weight excluding hydrogens is 156 g/mol. The van der Waals surface area contributed by atoms with Crippen molar-refractivity contribution < 1.29 is 4.74 Å². The minimum Gasteiger partial charge on any atom is -0.383 e. The summed E-state index contributed by atoms with van der Waals surface area (Å²) in [6.07, 6.45) is 1.53. The van der Waals surface area contributed by atoms with Crippen LogP contribution < -0.4 is 5.73 Å². The number of hydrogen-bond acceptors (Lipinski definition) is 4. The van der Waals surface area contributed by atoms with E-state index >= 15 is 0 Å². The van der Waals surface area contributed by atoms with Crippen LogP contribution >= 0.6 is 0 Å². The molecule has 0 fully saturated rings. The summed E-state index contributed by atoms with van der Waals surface area (Å²) in [5, 5.41) is 8.52. The maximum Gasteiger partial charge on any atom is 0.182 e. The molecular formula is C7H10N4O. The lowest BCUT2D eigenvalue weighted by Gasteiger charge is -2.02. The molecule has 0 saturated carbocycles. The van der Waals surface area contributed by atoms with Crippen molar-refractivity contribution in [2.24, 2.45) is 0 Å². The zero-order valence-electron chi connectivity index (χ0n) is 6.82. The first-order valence-electron chi connectivity index (χ1n) is 3.49. The number of hydrogen-bond donors (Lipinski definition) is 1. The van der Waals surface area contributed by atoms with Gasteiger partial charge in [0.1, 0.15) is 11.9 Å². The van der Waals surface area contributed by atoms with Gasteiger partial charge in [0, 0.05) is 13.7 Å². The second-order valence-electron chi connectivity index (χ2n) is 2.28. The van der Waals surface area contributed by atoms with Crippen molar-refractivity contribution in [3.63, 3.8) is 0 Å². The van der Waals surface area contributed by atoms with E-state index in [9.17, 15) is 0 Å². The summed E-state index contributed by atoms with van der Waals surface area (Å²) >= 11 is 0. The second-order valence-corrected chi connectivity index (χ2v) is 2.28. The van der Waals surface area contributed by atoms with E-state index in [4.69, 9.17) is 15.7 Å². The van der Waals surface area contributed by atoms with E-state index < -0.39 is 0 Å². The molecule has 0 aromatic carbocycles. The van der Waals surface area contributed by atoms with Crippen LogP contribution in [0.4, 0.5) is 5.82 Å². The largest absolute Gasteiger partial charge is 0.383 e. The number of ether oxygens (including phenoxy) is 1. The smallest absolute Gasteiger partial charge is 0.182 e. The summed E-state index contributed by atoms with van der Waals surface area (Å²) in [6.45, 7) is 1.18. The third-order valence-electron chi connectivity index (χ3n) is 1.52. The molecule has 5 nitrogen and oxygen atoms in total. The van der Waals surface area contributed by atoms with Gasteiger partial charge >= 0.3 is 0 Å². The highest BCUT2D eigenvalue weighted by molar-refractivity contribution is 5.44. The predicted molar refractivity (Wildman–Crippen MR) is 43.2 cm³/mol. The highest BCUT2D eigenvalue weighted by atomic mass is 16.5. The number of methoxy groups -OCH3 is 1. The molecule has 0 radical (unpaired) electrons. The first kappa shape index (κ1) is 8.56. The molecule has 0 bridgehead atoms. The first-order chi connectivity index (χ1) is 5.79. The zero-order valence-corrected chi connectivity index (χ0v) is 6.82. The molecule has 0 aliphatic carbocycles. The van der Waals surface area contributed by atoms with Crippen LogP contribution in [0.1, 0.15) is 5.69 Å². The van der Waals surface area contributed by atoms with Crippen LogP contribution in [-0.2, 0) is 11.3 Å². The summed E-state index contributed by atoms with van der Waals surface area (Å²) in [6, 6.07) is 1.89. The normalized spacial score (nSPS) is 9.67. The van der Waals surface area contributed by atoms with Crippen molar-refractivity contribution in [1.82, 2.24) is 9.55 Å². The van der Waals surface area contributed by atoms with Gasteiger partial charge in [-0.05, 0) is 0 Å². The molecule has 5 heteroatoms. The van der Waals surface area contributed by atoms with E-state index in [1.807, 2.05) is 6.07 Å². The van der Waals surface area contributed by atoms with Gasteiger partial charge in [-0.15, -0.1) is 0 Å². The van der Waals surface area contributed by atoms with Crippen molar-refractivity contribution in [3.8, 4) is 6.07 Å². The van der Waals surface area contributed by atoms with Gasteiger partial charge in [-0.25, -0.2) is 4.98 Å². The number of aromatic nitrogens is 2. The van der Waals surface area contributed by atoms with Crippen LogP contribution in [0.25, 0.3) is 0 Å². The zero-order chi connectivity index (χ0) is 8.97. The van der Waals surface area contributed by atoms with Crippen LogP contribution in [-0.4, -0.2) is 23.3 Å². The molecule has 0 amide bonds. The molecule has 0 saturated heterocycles. The Morgan fingerprint density at radius 1 is 1.83 bits per heavy atom. The lowest BCUT2D eigenvalue weighted by molar-refractivity contribution is 0.187. The standard InChI is InChI=1S/C7H10N4O/c1-12-3-2-11-5-10-6(4-8)7(11)9/h5H,2-3,9H2,1H3. The molecule has 0 spiro atoms. The molecule has 0 aliphatic rings. The van der Waals surface area contributed by atoms with Crippen LogP contribution in [0.2, 0.25) is 0 Å². The number of nitrogens with zero attached hydrogens (tertiary/aromatic N) is 3. The molecule has 64 valence electrons. The second kappa shape index (κ2) is 3.74. The van der Waals surface area contributed by atoms with Gasteiger partial charge in [-0.3, -0.25) is 0 Å². The lowest BCUT2D eigenvalue weighted by atomic mass is 10.5. The monoisotopic (exact) mass is 166 g/mol. The summed E-state index contributed by atoms with van der Waals surface area (Å²) in [4.78, 5) is 3.81. The number of rotatable bonds is 3.